The van der Waals surface area contributed by atoms with Crippen LogP contribution in [0, 0.1) is 17.8 Å². The van der Waals surface area contributed by atoms with Crippen LogP contribution < -0.4 is 0 Å². The maximum Gasteiger partial charge on any atom is 0.274 e. The SMILES string of the molecule is CC(C)c1cc(C(=O)N2CC3C(C2)C3C2=NOC(C)(C)N2Cc2ccccc2)n[nH]1. The van der Waals surface area contributed by atoms with Crippen LogP contribution in [0.2, 0.25) is 0 Å². The lowest BCUT2D eigenvalue weighted by atomic mass is 10.1. The molecule has 0 bridgehead atoms. The van der Waals surface area contributed by atoms with Gasteiger partial charge in [-0.3, -0.25) is 9.89 Å². The fourth-order valence-electron chi connectivity index (χ4n) is 4.79. The molecule has 2 unspecified atom stereocenters. The summed E-state index contributed by atoms with van der Waals surface area (Å²) in [5, 5.41) is 11.7. The first-order valence-electron chi connectivity index (χ1n) is 10.8. The van der Waals surface area contributed by atoms with Crippen LogP contribution >= 0.6 is 0 Å². The molecule has 0 spiro atoms. The molecule has 1 aromatic carbocycles. The van der Waals surface area contributed by atoms with Gasteiger partial charge in [0, 0.05) is 31.2 Å². The van der Waals surface area contributed by atoms with E-state index in [1.54, 1.807) is 0 Å². The van der Waals surface area contributed by atoms with E-state index in [1.165, 1.54) is 5.56 Å². The first kappa shape index (κ1) is 19.2. The zero-order valence-corrected chi connectivity index (χ0v) is 18.0. The number of H-pyrrole nitrogens is 1. The highest BCUT2D eigenvalue weighted by atomic mass is 16.7. The molecule has 2 fully saturated rings. The normalized spacial score (nSPS) is 26.6. The molecular weight excluding hydrogens is 378 g/mol. The van der Waals surface area contributed by atoms with Crippen molar-refractivity contribution >= 4 is 11.7 Å². The van der Waals surface area contributed by atoms with E-state index in [9.17, 15) is 4.79 Å². The molecule has 1 aromatic heterocycles. The van der Waals surface area contributed by atoms with Crippen molar-refractivity contribution in [3.05, 3.63) is 53.3 Å². The number of hydrogen-bond donors (Lipinski definition) is 1. The highest BCUT2D eigenvalue weighted by Gasteiger charge is 2.62. The standard InChI is InChI=1S/C23H29N5O2/c1-14(2)18-10-19(25-24-18)22(29)27-12-16-17(13-27)20(16)21-26-30-23(3,4)28(21)11-15-8-6-5-7-9-15/h5-10,14,16-17,20H,11-13H2,1-4H3,(H,24,25). The third kappa shape index (κ3) is 3.16. The maximum absolute atomic E-state index is 12.9. The number of aromatic nitrogens is 2. The van der Waals surface area contributed by atoms with Gasteiger partial charge < -0.3 is 14.6 Å². The summed E-state index contributed by atoms with van der Waals surface area (Å²) in [6.45, 7) is 10.6. The number of carbonyl (C=O) groups is 1. The van der Waals surface area contributed by atoms with E-state index in [-0.39, 0.29) is 5.91 Å². The van der Waals surface area contributed by atoms with Crippen molar-refractivity contribution in [1.82, 2.24) is 20.0 Å². The molecule has 3 aliphatic rings. The molecule has 158 valence electrons. The number of piperidine rings is 1. The number of hydrogen-bond acceptors (Lipinski definition) is 5. The van der Waals surface area contributed by atoms with Gasteiger partial charge in [-0.1, -0.05) is 49.3 Å². The summed E-state index contributed by atoms with van der Waals surface area (Å²) in [5.74, 6) is 2.65. The van der Waals surface area contributed by atoms with Gasteiger partial charge in [-0.15, -0.1) is 0 Å². The number of nitrogens with zero attached hydrogens (tertiary/aromatic N) is 4. The molecule has 1 amide bonds. The molecule has 7 heteroatoms. The Labute approximate surface area is 177 Å². The molecule has 1 saturated heterocycles. The van der Waals surface area contributed by atoms with Crippen LogP contribution in [0.3, 0.4) is 0 Å². The van der Waals surface area contributed by atoms with Gasteiger partial charge in [-0.05, 0) is 43.2 Å². The zero-order chi connectivity index (χ0) is 21.0. The molecule has 0 radical (unpaired) electrons. The molecule has 1 aliphatic carbocycles. The number of benzene rings is 1. The Bertz CT molecular complexity index is 968. The van der Waals surface area contributed by atoms with Crippen molar-refractivity contribution in [2.24, 2.45) is 22.9 Å². The van der Waals surface area contributed by atoms with Crippen LogP contribution in [-0.4, -0.2) is 50.6 Å². The minimum absolute atomic E-state index is 0.0233. The molecule has 5 rings (SSSR count). The maximum atomic E-state index is 12.9. The smallest absolute Gasteiger partial charge is 0.274 e. The summed E-state index contributed by atoms with van der Waals surface area (Å²) >= 11 is 0. The quantitative estimate of drug-likeness (QED) is 0.824. The summed E-state index contributed by atoms with van der Waals surface area (Å²) in [4.78, 5) is 22.9. The monoisotopic (exact) mass is 407 g/mol. The van der Waals surface area contributed by atoms with E-state index in [0.717, 1.165) is 31.2 Å². The minimum Gasteiger partial charge on any atom is -0.366 e. The highest BCUT2D eigenvalue weighted by molar-refractivity contribution is 5.94. The number of oxime groups is 1. The van der Waals surface area contributed by atoms with Gasteiger partial charge in [-0.25, -0.2) is 0 Å². The average molecular weight is 408 g/mol. The average Bonchev–Trinajstić information content (AvgIpc) is 3.14. The van der Waals surface area contributed by atoms with Crippen LogP contribution in [0.1, 0.15) is 55.4 Å². The molecule has 3 heterocycles. The Morgan fingerprint density at radius 3 is 2.57 bits per heavy atom. The topological polar surface area (TPSA) is 73.8 Å². The molecule has 30 heavy (non-hydrogen) atoms. The largest absolute Gasteiger partial charge is 0.366 e. The first-order chi connectivity index (χ1) is 14.3. The van der Waals surface area contributed by atoms with E-state index in [0.29, 0.717) is 29.4 Å². The number of fused-ring (bicyclic) bond motifs is 1. The number of rotatable bonds is 5. The lowest BCUT2D eigenvalue weighted by Crippen LogP contribution is -2.45. The number of amides is 1. The highest BCUT2D eigenvalue weighted by Crippen LogP contribution is 2.54. The van der Waals surface area contributed by atoms with Crippen LogP contribution in [-0.2, 0) is 11.4 Å². The molecular formula is C23H29N5O2. The van der Waals surface area contributed by atoms with E-state index < -0.39 is 5.72 Å². The summed E-state index contributed by atoms with van der Waals surface area (Å²) in [6.07, 6.45) is 0. The Morgan fingerprint density at radius 2 is 1.93 bits per heavy atom. The molecule has 1 saturated carbocycles. The predicted octanol–water partition coefficient (Wildman–Crippen LogP) is 3.43. The van der Waals surface area contributed by atoms with Gasteiger partial charge in [0.15, 0.2) is 5.84 Å². The van der Waals surface area contributed by atoms with Crippen molar-refractivity contribution in [1.29, 1.82) is 0 Å². The van der Waals surface area contributed by atoms with E-state index >= 15 is 0 Å². The van der Waals surface area contributed by atoms with E-state index in [2.05, 4.69) is 72.2 Å². The Hall–Kier alpha value is -2.83. The van der Waals surface area contributed by atoms with Crippen LogP contribution in [0.25, 0.3) is 0 Å². The van der Waals surface area contributed by atoms with Gasteiger partial charge in [-0.2, -0.15) is 5.10 Å². The van der Waals surface area contributed by atoms with Gasteiger partial charge in [0.2, 0.25) is 5.72 Å². The Balaban J connectivity index is 1.25. The van der Waals surface area contributed by atoms with Gasteiger partial charge in [0.25, 0.3) is 5.91 Å². The lowest BCUT2D eigenvalue weighted by Gasteiger charge is -2.32. The summed E-state index contributed by atoms with van der Waals surface area (Å²) < 4.78 is 0. The van der Waals surface area contributed by atoms with Gasteiger partial charge in [0.05, 0.1) is 0 Å². The molecule has 2 atom stereocenters. The third-order valence-electron chi connectivity index (χ3n) is 6.69. The second-order valence-electron chi connectivity index (χ2n) is 9.49. The lowest BCUT2D eigenvalue weighted by molar-refractivity contribution is -0.0719. The number of aromatic amines is 1. The Morgan fingerprint density at radius 1 is 1.23 bits per heavy atom. The molecule has 2 aromatic rings. The Kier molecular flexibility index (Phi) is 4.38. The number of nitrogens with one attached hydrogen (secondary N) is 1. The second kappa shape index (κ2) is 6.86. The van der Waals surface area contributed by atoms with Crippen molar-refractivity contribution in [3.63, 3.8) is 0 Å². The van der Waals surface area contributed by atoms with Crippen molar-refractivity contribution in [3.8, 4) is 0 Å². The van der Waals surface area contributed by atoms with Gasteiger partial charge in [0.1, 0.15) is 5.69 Å². The van der Waals surface area contributed by atoms with Gasteiger partial charge >= 0.3 is 0 Å². The van der Waals surface area contributed by atoms with Crippen molar-refractivity contribution < 1.29 is 9.63 Å². The number of carbonyl (C=O) groups excluding carboxylic acids is 1. The third-order valence-corrected chi connectivity index (χ3v) is 6.69. The van der Waals surface area contributed by atoms with Crippen molar-refractivity contribution in [2.75, 3.05) is 13.1 Å². The summed E-state index contributed by atoms with van der Waals surface area (Å²) in [6, 6.07) is 12.3. The number of likely N-dealkylation sites (tertiary alicyclic amines) is 1. The predicted molar refractivity (Wildman–Crippen MR) is 114 cm³/mol. The van der Waals surface area contributed by atoms with Crippen LogP contribution in [0.15, 0.2) is 41.6 Å². The van der Waals surface area contributed by atoms with E-state index in [1.807, 2.05) is 17.0 Å². The molecule has 1 N–H and O–H groups in total. The van der Waals surface area contributed by atoms with Crippen LogP contribution in [0.4, 0.5) is 0 Å². The fraction of sp³-hybridized carbons (Fsp3) is 0.522. The molecule has 2 aliphatic heterocycles. The van der Waals surface area contributed by atoms with Crippen molar-refractivity contribution in [2.45, 2.75) is 45.9 Å². The summed E-state index contributed by atoms with van der Waals surface area (Å²) in [5.41, 5.74) is 2.30. The summed E-state index contributed by atoms with van der Waals surface area (Å²) in [7, 11) is 0. The van der Waals surface area contributed by atoms with Crippen LogP contribution in [0.5, 0.6) is 0 Å². The first-order valence-corrected chi connectivity index (χ1v) is 10.8. The fourth-order valence-corrected chi connectivity index (χ4v) is 4.79. The van der Waals surface area contributed by atoms with E-state index in [4.69, 9.17) is 4.84 Å². The minimum atomic E-state index is -0.458. The number of amidine groups is 1. The zero-order valence-electron chi connectivity index (χ0n) is 18.0. The molecule has 7 nitrogen and oxygen atoms in total. The second-order valence-corrected chi connectivity index (χ2v) is 9.49.